The van der Waals surface area contributed by atoms with Gasteiger partial charge in [-0.3, -0.25) is 0 Å². The Morgan fingerprint density at radius 3 is 1.82 bits per heavy atom. The fourth-order valence-electron chi connectivity index (χ4n) is 1.16. The fourth-order valence-corrected chi connectivity index (χ4v) is 1.16. The van der Waals surface area contributed by atoms with Crippen molar-refractivity contribution in [3.63, 3.8) is 0 Å². The minimum absolute atomic E-state index is 0.279. The molecule has 0 spiro atoms. The predicted octanol–water partition coefficient (Wildman–Crippen LogP) is 3.12. The second kappa shape index (κ2) is 9.96. The molecule has 1 heteroatoms. The topological polar surface area (TPSA) is 20.2 Å². The van der Waals surface area contributed by atoms with Gasteiger partial charge in [0.25, 0.3) is 0 Å². The van der Waals surface area contributed by atoms with Crippen LogP contribution in [0.1, 0.15) is 61.0 Å². The van der Waals surface area contributed by atoms with E-state index in [2.05, 4.69) is 6.92 Å². The highest BCUT2D eigenvalue weighted by Gasteiger charge is 1.89. The van der Waals surface area contributed by atoms with E-state index in [9.17, 15) is 0 Å². The summed E-state index contributed by atoms with van der Waals surface area (Å²) in [5.74, 6) is 0. The molecule has 0 aliphatic heterocycles. The zero-order valence-corrected chi connectivity index (χ0v) is 7.60. The smallest absolute Gasteiger partial charge is 0.0564 e. The molecule has 0 aromatic carbocycles. The Kier molecular flexibility index (Phi) is 6.88. The SMILES string of the molecule is [2H]C([2H])(O)CCCCCCCCC. The summed E-state index contributed by atoms with van der Waals surface area (Å²) in [6, 6.07) is 0. The summed E-state index contributed by atoms with van der Waals surface area (Å²) in [7, 11) is 0. The van der Waals surface area contributed by atoms with Gasteiger partial charge in [0.1, 0.15) is 0 Å². The third-order valence-corrected chi connectivity index (χ3v) is 1.89. The molecule has 0 saturated carbocycles. The van der Waals surface area contributed by atoms with Gasteiger partial charge in [0.15, 0.2) is 0 Å². The molecule has 0 heterocycles. The number of hydrogen-bond donors (Lipinski definition) is 1. The third kappa shape index (κ3) is 9.96. The van der Waals surface area contributed by atoms with Crippen molar-refractivity contribution in [3.05, 3.63) is 0 Å². The lowest BCUT2D eigenvalue weighted by atomic mass is 10.1. The van der Waals surface area contributed by atoms with Crippen molar-refractivity contribution in [2.24, 2.45) is 0 Å². The largest absolute Gasteiger partial charge is 0.396 e. The maximum atomic E-state index is 8.79. The number of unbranched alkanes of at least 4 members (excludes halogenated alkanes) is 6. The van der Waals surface area contributed by atoms with Crippen LogP contribution in [0.5, 0.6) is 0 Å². The van der Waals surface area contributed by atoms with Gasteiger partial charge in [0.2, 0.25) is 0 Å². The first-order chi connectivity index (χ1) is 6.06. The number of aliphatic hydroxyl groups is 1. The van der Waals surface area contributed by atoms with E-state index < -0.39 is 6.56 Å². The van der Waals surface area contributed by atoms with Gasteiger partial charge in [0.05, 0.1) is 2.74 Å². The molecular formula is C10H22O. The standard InChI is InChI=1S/C10H22O/c1-2-3-4-5-6-7-8-9-10-11/h11H,2-10H2,1H3/i10D2. The van der Waals surface area contributed by atoms with E-state index in [1.165, 1.54) is 32.1 Å². The van der Waals surface area contributed by atoms with E-state index in [-0.39, 0.29) is 6.42 Å². The predicted molar refractivity (Wildman–Crippen MR) is 49.7 cm³/mol. The molecule has 0 bridgehead atoms. The highest BCUT2D eigenvalue weighted by Crippen LogP contribution is 2.07. The summed E-state index contributed by atoms with van der Waals surface area (Å²) in [4.78, 5) is 0. The number of hydrogen-bond acceptors (Lipinski definition) is 1. The first kappa shape index (κ1) is 7.60. The molecule has 0 atom stereocenters. The molecule has 0 aromatic rings. The van der Waals surface area contributed by atoms with Gasteiger partial charge in [-0.25, -0.2) is 0 Å². The molecule has 11 heavy (non-hydrogen) atoms. The number of rotatable bonds is 8. The molecule has 0 rings (SSSR count). The van der Waals surface area contributed by atoms with Gasteiger partial charge < -0.3 is 5.11 Å². The summed E-state index contributed by atoms with van der Waals surface area (Å²) in [5, 5.41) is 8.79. The lowest BCUT2D eigenvalue weighted by Gasteiger charge is -1.98. The third-order valence-electron chi connectivity index (χ3n) is 1.89. The summed E-state index contributed by atoms with van der Waals surface area (Å²) in [5.41, 5.74) is 0. The van der Waals surface area contributed by atoms with Crippen LogP contribution in [0.2, 0.25) is 0 Å². The van der Waals surface area contributed by atoms with Gasteiger partial charge in [-0.1, -0.05) is 51.9 Å². The monoisotopic (exact) mass is 160 g/mol. The maximum Gasteiger partial charge on any atom is 0.0564 e. The van der Waals surface area contributed by atoms with Gasteiger partial charge in [0, 0.05) is 6.56 Å². The van der Waals surface area contributed by atoms with Crippen LogP contribution in [-0.2, 0) is 0 Å². The highest BCUT2D eigenvalue weighted by atomic mass is 16.2. The minimum atomic E-state index is -1.95. The van der Waals surface area contributed by atoms with Gasteiger partial charge in [-0.15, -0.1) is 0 Å². The van der Waals surface area contributed by atoms with E-state index in [0.29, 0.717) is 0 Å². The quantitative estimate of drug-likeness (QED) is 0.541. The molecule has 0 saturated heterocycles. The molecule has 1 N–H and O–H groups in total. The van der Waals surface area contributed by atoms with Crippen LogP contribution in [-0.4, -0.2) is 11.7 Å². The van der Waals surface area contributed by atoms with E-state index in [0.717, 1.165) is 12.8 Å². The Morgan fingerprint density at radius 1 is 0.909 bits per heavy atom. The van der Waals surface area contributed by atoms with Crippen LogP contribution in [0, 0.1) is 0 Å². The molecule has 0 unspecified atom stereocenters. The molecule has 0 radical (unpaired) electrons. The van der Waals surface area contributed by atoms with Crippen LogP contribution in [0.4, 0.5) is 0 Å². The van der Waals surface area contributed by atoms with Crippen molar-refractivity contribution in [3.8, 4) is 0 Å². The normalized spacial score (nSPS) is 14.4. The van der Waals surface area contributed by atoms with Crippen LogP contribution in [0.15, 0.2) is 0 Å². The van der Waals surface area contributed by atoms with Crippen LogP contribution < -0.4 is 0 Å². The molecule has 0 amide bonds. The summed E-state index contributed by atoms with van der Waals surface area (Å²) in [6.07, 6.45) is 8.42. The molecular weight excluding hydrogens is 136 g/mol. The minimum Gasteiger partial charge on any atom is -0.396 e. The summed E-state index contributed by atoms with van der Waals surface area (Å²) < 4.78 is 13.8. The first-order valence-electron chi connectivity index (χ1n) is 5.78. The Bertz CT molecular complexity index is 110. The van der Waals surface area contributed by atoms with Crippen molar-refractivity contribution in [1.82, 2.24) is 0 Å². The van der Waals surface area contributed by atoms with E-state index in [4.69, 9.17) is 7.85 Å². The van der Waals surface area contributed by atoms with Crippen molar-refractivity contribution in [1.29, 1.82) is 0 Å². The van der Waals surface area contributed by atoms with E-state index in [1.54, 1.807) is 0 Å². The van der Waals surface area contributed by atoms with Gasteiger partial charge in [-0.05, 0) is 6.42 Å². The van der Waals surface area contributed by atoms with Gasteiger partial charge in [-0.2, -0.15) is 0 Å². The van der Waals surface area contributed by atoms with Gasteiger partial charge >= 0.3 is 0 Å². The molecule has 0 aliphatic rings. The highest BCUT2D eigenvalue weighted by molar-refractivity contribution is 4.44. The molecule has 1 nitrogen and oxygen atoms in total. The lowest BCUT2D eigenvalue weighted by Crippen LogP contribution is -1.83. The average Bonchev–Trinajstić information content (AvgIpc) is 2.01. The van der Waals surface area contributed by atoms with Crippen molar-refractivity contribution in [2.45, 2.75) is 58.3 Å². The van der Waals surface area contributed by atoms with Crippen LogP contribution in [0.25, 0.3) is 0 Å². The van der Waals surface area contributed by atoms with E-state index >= 15 is 0 Å². The molecule has 68 valence electrons. The van der Waals surface area contributed by atoms with E-state index in [1.807, 2.05) is 0 Å². The second-order valence-corrected chi connectivity index (χ2v) is 3.03. The zero-order valence-electron chi connectivity index (χ0n) is 9.60. The molecule has 0 aliphatic carbocycles. The lowest BCUT2D eigenvalue weighted by molar-refractivity contribution is 0.282. The summed E-state index contributed by atoms with van der Waals surface area (Å²) in [6.45, 7) is 0.240. The first-order valence-corrected chi connectivity index (χ1v) is 4.78. The Labute approximate surface area is 73.6 Å². The molecule has 0 fully saturated rings. The van der Waals surface area contributed by atoms with Crippen LogP contribution in [0.3, 0.4) is 0 Å². The Morgan fingerprint density at radius 2 is 1.36 bits per heavy atom. The van der Waals surface area contributed by atoms with Crippen molar-refractivity contribution in [2.75, 3.05) is 6.56 Å². The Balaban J connectivity index is 3.00. The Hall–Kier alpha value is -0.0400. The fraction of sp³-hybridized carbons (Fsp3) is 1.00. The van der Waals surface area contributed by atoms with Crippen molar-refractivity contribution >= 4 is 0 Å². The zero-order chi connectivity index (χ0) is 10.2. The van der Waals surface area contributed by atoms with Crippen LogP contribution >= 0.6 is 0 Å². The molecule has 0 aromatic heterocycles. The average molecular weight is 160 g/mol. The second-order valence-electron chi connectivity index (χ2n) is 3.03. The van der Waals surface area contributed by atoms with Crippen molar-refractivity contribution < 1.29 is 7.85 Å². The summed E-state index contributed by atoms with van der Waals surface area (Å²) >= 11 is 0. The maximum absolute atomic E-state index is 8.79.